The van der Waals surface area contributed by atoms with Crippen LogP contribution < -0.4 is 15.2 Å². The van der Waals surface area contributed by atoms with Crippen LogP contribution in [-0.4, -0.2) is 26.5 Å². The van der Waals surface area contributed by atoms with Crippen molar-refractivity contribution >= 4 is 11.6 Å². The molecule has 33 heavy (non-hydrogen) atoms. The molecule has 4 rings (SSSR count). The number of halogens is 1. The predicted molar refractivity (Wildman–Crippen MR) is 127 cm³/mol. The summed E-state index contributed by atoms with van der Waals surface area (Å²) in [5, 5.41) is 0.395. The van der Waals surface area contributed by atoms with Crippen LogP contribution in [-0.2, 0) is 6.61 Å². The molecule has 168 valence electrons. The number of rotatable bonds is 8. The lowest BCUT2D eigenvalue weighted by molar-refractivity contribution is 0.271. The number of hydrogen-bond acceptors (Lipinski definition) is 6. The van der Waals surface area contributed by atoms with Crippen molar-refractivity contribution < 1.29 is 9.47 Å². The number of pyridine rings is 1. The minimum atomic E-state index is -0.536. The van der Waals surface area contributed by atoms with E-state index >= 15 is 0 Å². The molecule has 0 amide bonds. The van der Waals surface area contributed by atoms with E-state index in [1.807, 2.05) is 42.5 Å². The lowest BCUT2D eigenvalue weighted by Crippen LogP contribution is -2.15. The summed E-state index contributed by atoms with van der Waals surface area (Å²) < 4.78 is 11.7. The Morgan fingerprint density at radius 3 is 2.52 bits per heavy atom. The molecule has 0 aliphatic rings. The molecule has 2 heterocycles. The maximum atomic E-state index is 12.4. The molecule has 8 heteroatoms. The smallest absolute Gasteiger partial charge is 0.348 e. The molecule has 0 atom stereocenters. The van der Waals surface area contributed by atoms with E-state index in [0.29, 0.717) is 34.4 Å². The molecule has 2 aromatic carbocycles. The number of aromatic nitrogens is 4. The molecular weight excluding hydrogens is 440 g/mol. The number of hydrogen-bond donors (Lipinski definition) is 1. The van der Waals surface area contributed by atoms with E-state index in [4.69, 9.17) is 21.1 Å². The van der Waals surface area contributed by atoms with Crippen LogP contribution >= 0.6 is 11.6 Å². The van der Waals surface area contributed by atoms with Gasteiger partial charge in [-0.25, -0.2) is 9.78 Å². The molecule has 0 aliphatic carbocycles. The van der Waals surface area contributed by atoms with E-state index in [-0.39, 0.29) is 18.3 Å². The van der Waals surface area contributed by atoms with Crippen molar-refractivity contribution in [2.75, 3.05) is 6.61 Å². The number of nitrogens with one attached hydrogen (secondary N) is 1. The van der Waals surface area contributed by atoms with E-state index in [2.05, 4.69) is 33.8 Å². The zero-order valence-electron chi connectivity index (χ0n) is 18.3. The first-order chi connectivity index (χ1) is 16.0. The Morgan fingerprint density at radius 2 is 1.79 bits per heavy atom. The molecule has 0 aliphatic heterocycles. The van der Waals surface area contributed by atoms with Gasteiger partial charge < -0.3 is 9.47 Å². The quantitative estimate of drug-likeness (QED) is 0.389. The number of benzene rings is 2. The first-order valence-electron chi connectivity index (χ1n) is 10.5. The monoisotopic (exact) mass is 462 g/mol. The summed E-state index contributed by atoms with van der Waals surface area (Å²) in [6.07, 6.45) is 1.70. The summed E-state index contributed by atoms with van der Waals surface area (Å²) in [6.45, 7) is 5.04. The first-order valence-corrected chi connectivity index (χ1v) is 10.9. The van der Waals surface area contributed by atoms with Gasteiger partial charge in [-0.15, -0.1) is 0 Å². The van der Waals surface area contributed by atoms with Crippen molar-refractivity contribution in [1.82, 2.24) is 19.9 Å². The number of aromatic amines is 1. The molecule has 0 saturated heterocycles. The van der Waals surface area contributed by atoms with E-state index in [0.717, 1.165) is 11.4 Å². The van der Waals surface area contributed by atoms with Crippen LogP contribution in [0, 0.1) is 5.92 Å². The van der Waals surface area contributed by atoms with Gasteiger partial charge in [-0.3, -0.25) is 9.97 Å². The van der Waals surface area contributed by atoms with Crippen molar-refractivity contribution in [1.29, 1.82) is 0 Å². The lowest BCUT2D eigenvalue weighted by atomic mass is 10.1. The van der Waals surface area contributed by atoms with Crippen LogP contribution in [0.15, 0.2) is 71.7 Å². The van der Waals surface area contributed by atoms with Crippen LogP contribution in [0.3, 0.4) is 0 Å². The van der Waals surface area contributed by atoms with Crippen LogP contribution in [0.5, 0.6) is 11.5 Å². The van der Waals surface area contributed by atoms with Gasteiger partial charge in [0.05, 0.1) is 22.9 Å². The molecular formula is C25H23ClN4O3. The summed E-state index contributed by atoms with van der Waals surface area (Å²) >= 11 is 6.48. The van der Waals surface area contributed by atoms with E-state index < -0.39 is 5.69 Å². The number of nitrogens with zero attached hydrogens (tertiary/aromatic N) is 3. The zero-order chi connectivity index (χ0) is 23.2. The summed E-state index contributed by atoms with van der Waals surface area (Å²) in [4.78, 5) is 27.9. The third kappa shape index (κ3) is 5.75. The van der Waals surface area contributed by atoms with Crippen LogP contribution in [0.1, 0.15) is 19.5 Å². The van der Waals surface area contributed by atoms with Crippen LogP contribution in [0.25, 0.3) is 22.8 Å². The average Bonchev–Trinajstić information content (AvgIpc) is 2.82. The topological polar surface area (TPSA) is 90.0 Å². The molecule has 1 N–H and O–H groups in total. The summed E-state index contributed by atoms with van der Waals surface area (Å²) in [7, 11) is 0. The van der Waals surface area contributed by atoms with Gasteiger partial charge in [-0.05, 0) is 54.4 Å². The second-order valence-corrected chi connectivity index (χ2v) is 8.19. The second-order valence-electron chi connectivity index (χ2n) is 7.78. The fraction of sp³-hybridized carbons (Fsp3) is 0.200. The third-order valence-corrected chi connectivity index (χ3v) is 4.98. The second kappa shape index (κ2) is 10.3. The molecule has 0 bridgehead atoms. The van der Waals surface area contributed by atoms with Crippen molar-refractivity contribution in [3.05, 3.63) is 88.1 Å². The first kappa shape index (κ1) is 22.5. The fourth-order valence-electron chi connectivity index (χ4n) is 3.08. The Morgan fingerprint density at radius 1 is 0.970 bits per heavy atom. The maximum Gasteiger partial charge on any atom is 0.348 e. The SMILES string of the molecule is CC(C)COc1ccc(-c2nc(-c3c(Cl)cccc3OCc3ccccn3)[nH]c(=O)n2)cc1. The Labute approximate surface area is 196 Å². The van der Waals surface area contributed by atoms with Gasteiger partial charge in [0.25, 0.3) is 0 Å². The van der Waals surface area contributed by atoms with E-state index in [1.165, 1.54) is 0 Å². The summed E-state index contributed by atoms with van der Waals surface area (Å²) in [6, 6.07) is 18.1. The standard InChI is InChI=1S/C25H23ClN4O3/c1-16(2)14-32-19-11-9-17(10-12-19)23-28-24(30-25(31)29-23)22-20(26)7-5-8-21(22)33-15-18-6-3-4-13-27-18/h3-13,16H,14-15H2,1-2H3,(H,28,29,30,31). The van der Waals surface area contributed by atoms with Gasteiger partial charge in [0.1, 0.15) is 23.9 Å². The van der Waals surface area contributed by atoms with E-state index in [9.17, 15) is 4.79 Å². The van der Waals surface area contributed by atoms with Crippen LogP contribution in [0.4, 0.5) is 0 Å². The normalized spacial score (nSPS) is 10.9. The minimum Gasteiger partial charge on any atom is -0.493 e. The highest BCUT2D eigenvalue weighted by Gasteiger charge is 2.16. The van der Waals surface area contributed by atoms with Crippen molar-refractivity contribution in [2.24, 2.45) is 5.92 Å². The van der Waals surface area contributed by atoms with Crippen molar-refractivity contribution in [2.45, 2.75) is 20.5 Å². The average molecular weight is 463 g/mol. The molecule has 7 nitrogen and oxygen atoms in total. The molecule has 0 fully saturated rings. The maximum absolute atomic E-state index is 12.4. The van der Waals surface area contributed by atoms with Gasteiger partial charge in [0.15, 0.2) is 5.82 Å². The Bertz CT molecular complexity index is 1280. The number of H-pyrrole nitrogens is 1. The van der Waals surface area contributed by atoms with E-state index in [1.54, 1.807) is 24.4 Å². The van der Waals surface area contributed by atoms with Crippen molar-refractivity contribution in [3.8, 4) is 34.3 Å². The zero-order valence-corrected chi connectivity index (χ0v) is 19.0. The molecule has 2 aromatic heterocycles. The predicted octanol–water partition coefficient (Wildman–Crippen LogP) is 5.16. The molecule has 0 radical (unpaired) electrons. The van der Waals surface area contributed by atoms with Gasteiger partial charge in [0, 0.05) is 11.8 Å². The van der Waals surface area contributed by atoms with Crippen LogP contribution in [0.2, 0.25) is 5.02 Å². The minimum absolute atomic E-state index is 0.244. The highest BCUT2D eigenvalue weighted by Crippen LogP contribution is 2.35. The molecule has 0 saturated carbocycles. The highest BCUT2D eigenvalue weighted by molar-refractivity contribution is 6.33. The fourth-order valence-corrected chi connectivity index (χ4v) is 3.34. The summed E-state index contributed by atoms with van der Waals surface area (Å²) in [5.74, 6) is 2.19. The molecule has 0 unspecified atom stereocenters. The lowest BCUT2D eigenvalue weighted by Gasteiger charge is -2.13. The summed E-state index contributed by atoms with van der Waals surface area (Å²) in [5.41, 5.74) is 1.39. The number of ether oxygens (including phenoxy) is 2. The van der Waals surface area contributed by atoms with Gasteiger partial charge >= 0.3 is 5.69 Å². The highest BCUT2D eigenvalue weighted by atomic mass is 35.5. The van der Waals surface area contributed by atoms with Crippen molar-refractivity contribution in [3.63, 3.8) is 0 Å². The van der Waals surface area contributed by atoms with Gasteiger partial charge in [-0.2, -0.15) is 4.98 Å². The largest absolute Gasteiger partial charge is 0.493 e. The third-order valence-electron chi connectivity index (χ3n) is 4.66. The molecule has 4 aromatic rings. The molecule has 0 spiro atoms. The van der Waals surface area contributed by atoms with Gasteiger partial charge in [0.2, 0.25) is 0 Å². The Hall–Kier alpha value is -3.71. The van der Waals surface area contributed by atoms with Gasteiger partial charge in [-0.1, -0.05) is 37.6 Å². The Kier molecular flexibility index (Phi) is 7.00. The Balaban J connectivity index is 1.65.